The smallest absolute Gasteiger partial charge is 0.243 e. The van der Waals surface area contributed by atoms with Gasteiger partial charge in [-0.3, -0.25) is 9.69 Å². The lowest BCUT2D eigenvalue weighted by molar-refractivity contribution is -0.117. The lowest BCUT2D eigenvalue weighted by Gasteiger charge is -2.33. The molecule has 0 radical (unpaired) electrons. The zero-order valence-electron chi connectivity index (χ0n) is 15.1. The highest BCUT2D eigenvalue weighted by Crippen LogP contribution is 2.18. The third-order valence-corrected chi connectivity index (χ3v) is 6.33. The van der Waals surface area contributed by atoms with Crippen molar-refractivity contribution in [3.05, 3.63) is 59.9 Å². The maximum absolute atomic E-state index is 13.3. The maximum Gasteiger partial charge on any atom is 0.243 e. The molecule has 1 aliphatic heterocycles. The maximum atomic E-state index is 13.3. The molecular formula is C19H22FN3O3S. The van der Waals surface area contributed by atoms with Gasteiger partial charge in [0.2, 0.25) is 15.9 Å². The highest BCUT2D eigenvalue weighted by molar-refractivity contribution is 7.89. The van der Waals surface area contributed by atoms with E-state index in [9.17, 15) is 17.6 Å². The van der Waals surface area contributed by atoms with Crippen molar-refractivity contribution in [3.8, 4) is 0 Å². The van der Waals surface area contributed by atoms with Gasteiger partial charge in [0, 0.05) is 31.9 Å². The van der Waals surface area contributed by atoms with E-state index in [0.29, 0.717) is 13.1 Å². The van der Waals surface area contributed by atoms with Crippen LogP contribution in [-0.4, -0.2) is 56.3 Å². The van der Waals surface area contributed by atoms with Crippen molar-refractivity contribution in [2.24, 2.45) is 0 Å². The second-order valence-corrected chi connectivity index (χ2v) is 8.49. The number of nitrogens with one attached hydrogen (secondary N) is 1. The number of anilines is 1. The third kappa shape index (κ3) is 4.91. The first-order valence-electron chi connectivity index (χ1n) is 8.69. The molecule has 144 valence electrons. The SMILES string of the molecule is Cc1cccc(NC(=O)CN2CCN(S(=O)(=O)c3cccc(F)c3)CC2)c1. The van der Waals surface area contributed by atoms with Crippen molar-refractivity contribution in [1.82, 2.24) is 9.21 Å². The van der Waals surface area contributed by atoms with E-state index < -0.39 is 15.8 Å². The molecule has 0 saturated carbocycles. The van der Waals surface area contributed by atoms with E-state index in [-0.39, 0.29) is 30.4 Å². The Labute approximate surface area is 158 Å². The highest BCUT2D eigenvalue weighted by Gasteiger charge is 2.29. The standard InChI is InChI=1S/C19H22FN3O3S/c1-15-4-2-6-17(12-15)21-19(24)14-22-8-10-23(11-9-22)27(25,26)18-7-3-5-16(20)13-18/h2-7,12-13H,8-11,14H2,1H3,(H,21,24). The molecule has 6 nitrogen and oxygen atoms in total. The van der Waals surface area contributed by atoms with E-state index in [4.69, 9.17) is 0 Å². The largest absolute Gasteiger partial charge is 0.325 e. The fraction of sp³-hybridized carbons (Fsp3) is 0.316. The fourth-order valence-electron chi connectivity index (χ4n) is 3.03. The molecular weight excluding hydrogens is 369 g/mol. The van der Waals surface area contributed by atoms with Crippen LogP contribution < -0.4 is 5.32 Å². The highest BCUT2D eigenvalue weighted by atomic mass is 32.2. The van der Waals surface area contributed by atoms with Gasteiger partial charge in [-0.2, -0.15) is 4.31 Å². The zero-order valence-corrected chi connectivity index (χ0v) is 15.9. The molecule has 0 aromatic heterocycles. The molecule has 1 saturated heterocycles. The molecule has 27 heavy (non-hydrogen) atoms. The average molecular weight is 391 g/mol. The first-order valence-corrected chi connectivity index (χ1v) is 10.1. The molecule has 1 fully saturated rings. The quantitative estimate of drug-likeness (QED) is 0.847. The Bertz CT molecular complexity index is 925. The van der Waals surface area contributed by atoms with Crippen LogP contribution in [0.2, 0.25) is 0 Å². The number of hydrogen-bond acceptors (Lipinski definition) is 4. The minimum atomic E-state index is -3.72. The van der Waals surface area contributed by atoms with Gasteiger partial charge in [-0.1, -0.05) is 18.2 Å². The summed E-state index contributed by atoms with van der Waals surface area (Å²) >= 11 is 0. The van der Waals surface area contributed by atoms with Gasteiger partial charge in [0.15, 0.2) is 0 Å². The first-order chi connectivity index (χ1) is 12.8. The summed E-state index contributed by atoms with van der Waals surface area (Å²) in [7, 11) is -3.72. The van der Waals surface area contributed by atoms with E-state index >= 15 is 0 Å². The number of aryl methyl sites for hydroxylation is 1. The van der Waals surface area contributed by atoms with E-state index in [0.717, 1.165) is 17.3 Å². The lowest BCUT2D eigenvalue weighted by atomic mass is 10.2. The minimum absolute atomic E-state index is 0.0480. The number of sulfonamides is 1. The van der Waals surface area contributed by atoms with Gasteiger partial charge in [0.05, 0.1) is 11.4 Å². The van der Waals surface area contributed by atoms with Gasteiger partial charge >= 0.3 is 0 Å². The van der Waals surface area contributed by atoms with Crippen molar-refractivity contribution >= 4 is 21.6 Å². The number of carbonyl (C=O) groups excluding carboxylic acids is 1. The summed E-state index contributed by atoms with van der Waals surface area (Å²) in [6, 6.07) is 12.6. The first kappa shape index (κ1) is 19.5. The Hall–Kier alpha value is -2.29. The molecule has 1 aliphatic rings. The van der Waals surface area contributed by atoms with Crippen LogP contribution >= 0.6 is 0 Å². The molecule has 0 aliphatic carbocycles. The van der Waals surface area contributed by atoms with Gasteiger partial charge in [0.25, 0.3) is 0 Å². The fourth-order valence-corrected chi connectivity index (χ4v) is 4.49. The third-order valence-electron chi connectivity index (χ3n) is 4.43. The Morgan fingerprint density at radius 1 is 1.07 bits per heavy atom. The van der Waals surface area contributed by atoms with Crippen molar-refractivity contribution in [2.45, 2.75) is 11.8 Å². The zero-order chi connectivity index (χ0) is 19.4. The Morgan fingerprint density at radius 2 is 1.78 bits per heavy atom. The number of carbonyl (C=O) groups is 1. The van der Waals surface area contributed by atoms with Crippen LogP contribution in [0.15, 0.2) is 53.4 Å². The molecule has 1 N–H and O–H groups in total. The van der Waals surface area contributed by atoms with E-state index in [1.165, 1.54) is 22.5 Å². The van der Waals surface area contributed by atoms with Crippen molar-refractivity contribution in [3.63, 3.8) is 0 Å². The van der Waals surface area contributed by atoms with Crippen LogP contribution in [0.25, 0.3) is 0 Å². The van der Waals surface area contributed by atoms with E-state index in [1.54, 1.807) is 0 Å². The molecule has 0 unspecified atom stereocenters. The predicted molar refractivity (Wildman–Crippen MR) is 101 cm³/mol. The second kappa shape index (κ2) is 8.16. The number of hydrogen-bond donors (Lipinski definition) is 1. The number of benzene rings is 2. The number of amides is 1. The molecule has 3 rings (SSSR count). The van der Waals surface area contributed by atoms with Crippen LogP contribution in [0.4, 0.5) is 10.1 Å². The summed E-state index contributed by atoms with van der Waals surface area (Å²) in [4.78, 5) is 14.1. The van der Waals surface area contributed by atoms with Crippen LogP contribution in [0.5, 0.6) is 0 Å². The van der Waals surface area contributed by atoms with Gasteiger partial charge in [-0.25, -0.2) is 12.8 Å². The molecule has 0 atom stereocenters. The molecule has 0 bridgehead atoms. The monoisotopic (exact) mass is 391 g/mol. The second-order valence-electron chi connectivity index (χ2n) is 6.56. The molecule has 0 spiro atoms. The summed E-state index contributed by atoms with van der Waals surface area (Å²) in [5, 5.41) is 2.85. The summed E-state index contributed by atoms with van der Waals surface area (Å²) in [5.41, 5.74) is 1.80. The number of nitrogens with zero attached hydrogens (tertiary/aromatic N) is 2. The van der Waals surface area contributed by atoms with E-state index in [1.807, 2.05) is 36.1 Å². The van der Waals surface area contributed by atoms with Crippen LogP contribution in [0.1, 0.15) is 5.56 Å². The van der Waals surface area contributed by atoms with Crippen LogP contribution in [0.3, 0.4) is 0 Å². The topological polar surface area (TPSA) is 69.7 Å². The van der Waals surface area contributed by atoms with Gasteiger partial charge in [-0.05, 0) is 42.8 Å². The molecule has 2 aromatic carbocycles. The molecule has 1 amide bonds. The van der Waals surface area contributed by atoms with Crippen molar-refractivity contribution in [2.75, 3.05) is 38.0 Å². The number of rotatable bonds is 5. The Morgan fingerprint density at radius 3 is 2.44 bits per heavy atom. The normalized spacial score (nSPS) is 16.2. The minimum Gasteiger partial charge on any atom is -0.325 e. The molecule has 1 heterocycles. The predicted octanol–water partition coefficient (Wildman–Crippen LogP) is 2.08. The summed E-state index contributed by atoms with van der Waals surface area (Å²) in [6.45, 7) is 3.55. The van der Waals surface area contributed by atoms with Crippen LogP contribution in [0, 0.1) is 12.7 Å². The lowest BCUT2D eigenvalue weighted by Crippen LogP contribution is -2.50. The summed E-state index contributed by atoms with van der Waals surface area (Å²) in [5.74, 6) is -0.718. The number of halogens is 1. The van der Waals surface area contributed by atoms with Gasteiger partial charge in [-0.15, -0.1) is 0 Å². The number of piperazine rings is 1. The Kier molecular flexibility index (Phi) is 5.88. The summed E-state index contributed by atoms with van der Waals surface area (Å²) < 4.78 is 39.9. The average Bonchev–Trinajstić information content (AvgIpc) is 2.62. The Balaban J connectivity index is 1.55. The molecule has 8 heteroatoms. The van der Waals surface area contributed by atoms with Gasteiger partial charge in [0.1, 0.15) is 5.82 Å². The summed E-state index contributed by atoms with van der Waals surface area (Å²) in [6.07, 6.45) is 0. The van der Waals surface area contributed by atoms with Crippen molar-refractivity contribution in [1.29, 1.82) is 0 Å². The van der Waals surface area contributed by atoms with Crippen LogP contribution in [-0.2, 0) is 14.8 Å². The van der Waals surface area contributed by atoms with Crippen molar-refractivity contribution < 1.29 is 17.6 Å². The van der Waals surface area contributed by atoms with Gasteiger partial charge < -0.3 is 5.32 Å². The molecule has 2 aromatic rings. The van der Waals surface area contributed by atoms with E-state index in [2.05, 4.69) is 5.32 Å².